The summed E-state index contributed by atoms with van der Waals surface area (Å²) in [7, 11) is 0. The van der Waals surface area contributed by atoms with Crippen molar-refractivity contribution in [1.82, 2.24) is 4.98 Å². The van der Waals surface area contributed by atoms with Crippen LogP contribution in [0.1, 0.15) is 0 Å². The van der Waals surface area contributed by atoms with Crippen molar-refractivity contribution in [1.29, 1.82) is 0 Å². The highest BCUT2D eigenvalue weighted by Gasteiger charge is 2.03. The molecule has 4 aromatic rings. The van der Waals surface area contributed by atoms with Gasteiger partial charge in [0.25, 0.3) is 0 Å². The molecule has 0 saturated carbocycles. The van der Waals surface area contributed by atoms with E-state index in [9.17, 15) is 0 Å². The Kier molecular flexibility index (Phi) is 2.87. The van der Waals surface area contributed by atoms with Crippen molar-refractivity contribution >= 4 is 33.1 Å². The van der Waals surface area contributed by atoms with Crippen LogP contribution in [0.3, 0.4) is 0 Å². The number of fused-ring (bicyclic) bond motifs is 2. The molecular formula is C19H12ClN. The Labute approximate surface area is 127 Å². The SMILES string of the molecule is Clc1ccc2ccc(-c3cc4ccccc4cn3)cc2c1. The molecule has 2 heteroatoms. The number of halogens is 1. The second-order valence-electron chi connectivity index (χ2n) is 5.12. The number of rotatable bonds is 1. The lowest BCUT2D eigenvalue weighted by molar-refractivity contribution is 1.36. The van der Waals surface area contributed by atoms with Gasteiger partial charge in [0.1, 0.15) is 0 Å². The molecule has 0 amide bonds. The number of hydrogen-bond donors (Lipinski definition) is 0. The third-order valence-electron chi connectivity index (χ3n) is 3.73. The molecule has 3 aromatic carbocycles. The van der Waals surface area contributed by atoms with E-state index in [0.29, 0.717) is 0 Å². The van der Waals surface area contributed by atoms with E-state index < -0.39 is 0 Å². The van der Waals surface area contributed by atoms with Gasteiger partial charge in [0, 0.05) is 22.2 Å². The van der Waals surface area contributed by atoms with Crippen LogP contribution in [0.5, 0.6) is 0 Å². The molecule has 0 fully saturated rings. The molecule has 0 saturated heterocycles. The van der Waals surface area contributed by atoms with Gasteiger partial charge in [0.2, 0.25) is 0 Å². The molecule has 1 aromatic heterocycles. The lowest BCUT2D eigenvalue weighted by atomic mass is 10.0. The number of benzene rings is 3. The zero-order valence-corrected chi connectivity index (χ0v) is 12.0. The van der Waals surface area contributed by atoms with Gasteiger partial charge >= 0.3 is 0 Å². The summed E-state index contributed by atoms with van der Waals surface area (Å²) in [6.07, 6.45) is 1.92. The molecule has 0 aliphatic carbocycles. The van der Waals surface area contributed by atoms with Crippen molar-refractivity contribution in [2.45, 2.75) is 0 Å². The Hall–Kier alpha value is -2.38. The Bertz CT molecular complexity index is 960. The molecule has 1 heterocycles. The highest BCUT2D eigenvalue weighted by Crippen LogP contribution is 2.27. The fraction of sp³-hybridized carbons (Fsp3) is 0. The van der Waals surface area contributed by atoms with Crippen LogP contribution < -0.4 is 0 Å². The summed E-state index contributed by atoms with van der Waals surface area (Å²) >= 11 is 6.08. The van der Waals surface area contributed by atoms with Gasteiger partial charge in [-0.05, 0) is 40.4 Å². The van der Waals surface area contributed by atoms with Crippen LogP contribution in [0, 0.1) is 0 Å². The summed E-state index contributed by atoms with van der Waals surface area (Å²) < 4.78 is 0. The first-order chi connectivity index (χ1) is 10.3. The fourth-order valence-corrected chi connectivity index (χ4v) is 2.80. The molecule has 21 heavy (non-hydrogen) atoms. The normalized spacial score (nSPS) is 11.1. The van der Waals surface area contributed by atoms with Crippen molar-refractivity contribution in [2.75, 3.05) is 0 Å². The first-order valence-corrected chi connectivity index (χ1v) is 7.22. The summed E-state index contributed by atoms with van der Waals surface area (Å²) in [5.74, 6) is 0. The third-order valence-corrected chi connectivity index (χ3v) is 3.96. The van der Waals surface area contributed by atoms with Crippen LogP contribution in [0.25, 0.3) is 32.8 Å². The first-order valence-electron chi connectivity index (χ1n) is 6.84. The molecule has 0 unspecified atom stereocenters. The van der Waals surface area contributed by atoms with E-state index >= 15 is 0 Å². The summed E-state index contributed by atoms with van der Waals surface area (Å²) in [5.41, 5.74) is 2.09. The van der Waals surface area contributed by atoms with Gasteiger partial charge in [0.15, 0.2) is 0 Å². The molecule has 0 N–H and O–H groups in total. The zero-order valence-electron chi connectivity index (χ0n) is 11.3. The molecule has 0 spiro atoms. The topological polar surface area (TPSA) is 12.9 Å². The summed E-state index contributed by atoms with van der Waals surface area (Å²) in [4.78, 5) is 4.57. The smallest absolute Gasteiger partial charge is 0.0708 e. The van der Waals surface area contributed by atoms with Gasteiger partial charge < -0.3 is 0 Å². The van der Waals surface area contributed by atoms with Gasteiger partial charge in [-0.3, -0.25) is 4.98 Å². The van der Waals surface area contributed by atoms with Crippen molar-refractivity contribution < 1.29 is 0 Å². The van der Waals surface area contributed by atoms with Crippen LogP contribution >= 0.6 is 11.6 Å². The van der Waals surface area contributed by atoms with E-state index in [1.54, 1.807) is 0 Å². The molecular weight excluding hydrogens is 278 g/mol. The maximum Gasteiger partial charge on any atom is 0.0708 e. The van der Waals surface area contributed by atoms with Crippen LogP contribution in [-0.2, 0) is 0 Å². The average molecular weight is 290 g/mol. The van der Waals surface area contributed by atoms with E-state index in [4.69, 9.17) is 11.6 Å². The van der Waals surface area contributed by atoms with E-state index in [1.807, 2.05) is 36.5 Å². The Morgan fingerprint density at radius 1 is 0.667 bits per heavy atom. The maximum atomic E-state index is 6.08. The Morgan fingerprint density at radius 3 is 2.38 bits per heavy atom. The minimum absolute atomic E-state index is 0.756. The maximum absolute atomic E-state index is 6.08. The van der Waals surface area contributed by atoms with E-state index in [0.717, 1.165) is 27.1 Å². The van der Waals surface area contributed by atoms with E-state index in [1.165, 1.54) is 10.8 Å². The lowest BCUT2D eigenvalue weighted by Gasteiger charge is -2.05. The van der Waals surface area contributed by atoms with Crippen LogP contribution in [0.2, 0.25) is 5.02 Å². The zero-order chi connectivity index (χ0) is 14.2. The van der Waals surface area contributed by atoms with Crippen LogP contribution in [0.4, 0.5) is 0 Å². The van der Waals surface area contributed by atoms with Gasteiger partial charge in [-0.1, -0.05) is 54.1 Å². The van der Waals surface area contributed by atoms with Gasteiger partial charge in [0.05, 0.1) is 5.69 Å². The van der Waals surface area contributed by atoms with Crippen molar-refractivity contribution in [3.05, 3.63) is 77.9 Å². The number of pyridine rings is 1. The largest absolute Gasteiger partial charge is 0.256 e. The van der Waals surface area contributed by atoms with Crippen molar-refractivity contribution in [3.8, 4) is 11.3 Å². The van der Waals surface area contributed by atoms with Gasteiger partial charge in [-0.25, -0.2) is 0 Å². The predicted octanol–water partition coefficient (Wildman–Crippen LogP) is 5.71. The van der Waals surface area contributed by atoms with Crippen molar-refractivity contribution in [2.24, 2.45) is 0 Å². The molecule has 1 nitrogen and oxygen atoms in total. The Balaban J connectivity index is 1.90. The molecule has 0 atom stereocenters. The number of hydrogen-bond acceptors (Lipinski definition) is 1. The highest BCUT2D eigenvalue weighted by atomic mass is 35.5. The Morgan fingerprint density at radius 2 is 1.48 bits per heavy atom. The number of aromatic nitrogens is 1. The third kappa shape index (κ3) is 2.26. The monoisotopic (exact) mass is 289 g/mol. The second-order valence-corrected chi connectivity index (χ2v) is 5.56. The molecule has 100 valence electrons. The summed E-state index contributed by atoms with van der Waals surface area (Å²) in [5, 5.41) is 5.43. The molecule has 0 radical (unpaired) electrons. The van der Waals surface area contributed by atoms with Gasteiger partial charge in [-0.15, -0.1) is 0 Å². The molecule has 0 aliphatic heterocycles. The van der Waals surface area contributed by atoms with E-state index in [-0.39, 0.29) is 0 Å². The molecule has 0 bridgehead atoms. The van der Waals surface area contributed by atoms with Crippen LogP contribution in [-0.4, -0.2) is 4.98 Å². The van der Waals surface area contributed by atoms with Crippen LogP contribution in [0.15, 0.2) is 72.9 Å². The summed E-state index contributed by atoms with van der Waals surface area (Å²) in [6, 6.07) is 22.7. The second kappa shape index (κ2) is 4.87. The molecule has 0 aliphatic rings. The van der Waals surface area contributed by atoms with E-state index in [2.05, 4.69) is 41.4 Å². The minimum atomic E-state index is 0.756. The first kappa shape index (κ1) is 12.4. The quantitative estimate of drug-likeness (QED) is 0.437. The predicted molar refractivity (Wildman–Crippen MR) is 89.7 cm³/mol. The average Bonchev–Trinajstić information content (AvgIpc) is 2.53. The number of nitrogens with zero attached hydrogens (tertiary/aromatic N) is 1. The highest BCUT2D eigenvalue weighted by molar-refractivity contribution is 6.31. The van der Waals surface area contributed by atoms with Gasteiger partial charge in [-0.2, -0.15) is 0 Å². The summed E-state index contributed by atoms with van der Waals surface area (Å²) in [6.45, 7) is 0. The fourth-order valence-electron chi connectivity index (χ4n) is 2.62. The van der Waals surface area contributed by atoms with Crippen molar-refractivity contribution in [3.63, 3.8) is 0 Å². The minimum Gasteiger partial charge on any atom is -0.256 e. The molecule has 4 rings (SSSR count). The lowest BCUT2D eigenvalue weighted by Crippen LogP contribution is -1.84. The standard InChI is InChI=1S/C19H12ClN/c20-18-8-7-13-5-6-15(9-17(13)10-18)19-11-14-3-1-2-4-16(14)12-21-19/h1-12H.